The molecule has 0 unspecified atom stereocenters. The highest BCUT2D eigenvalue weighted by Crippen LogP contribution is 2.10. The molecule has 0 atom stereocenters. The van der Waals surface area contributed by atoms with E-state index in [-0.39, 0.29) is 5.83 Å². The molecule has 0 heterocycles. The average molecular weight is 141 g/mol. The molecular formula is C8H12FN. The quantitative estimate of drug-likeness (QED) is 0.544. The summed E-state index contributed by atoms with van der Waals surface area (Å²) in [5.41, 5.74) is 0.361. The SMILES string of the molecule is C=CC=C(F)C(=C)N(C)C. The molecule has 0 rings (SSSR count). The maximum atomic E-state index is 12.7. The van der Waals surface area contributed by atoms with Crippen LogP contribution < -0.4 is 0 Å². The van der Waals surface area contributed by atoms with E-state index in [9.17, 15) is 4.39 Å². The minimum atomic E-state index is -0.347. The van der Waals surface area contributed by atoms with Crippen LogP contribution in [0.1, 0.15) is 0 Å². The summed E-state index contributed by atoms with van der Waals surface area (Å²) in [4.78, 5) is 1.61. The first-order chi connectivity index (χ1) is 4.59. The maximum Gasteiger partial charge on any atom is 0.145 e. The number of hydrogen-bond donors (Lipinski definition) is 0. The van der Waals surface area contributed by atoms with E-state index in [4.69, 9.17) is 0 Å². The van der Waals surface area contributed by atoms with Crippen molar-refractivity contribution in [1.82, 2.24) is 4.90 Å². The monoisotopic (exact) mass is 141 g/mol. The van der Waals surface area contributed by atoms with Gasteiger partial charge in [-0.05, 0) is 6.08 Å². The average Bonchev–Trinajstić information content (AvgIpc) is 1.87. The molecule has 56 valence electrons. The highest BCUT2D eigenvalue weighted by molar-refractivity contribution is 5.23. The Morgan fingerprint density at radius 3 is 2.30 bits per heavy atom. The van der Waals surface area contributed by atoms with Gasteiger partial charge in [0.1, 0.15) is 5.83 Å². The number of hydrogen-bond acceptors (Lipinski definition) is 1. The van der Waals surface area contributed by atoms with Crippen molar-refractivity contribution in [2.24, 2.45) is 0 Å². The zero-order valence-corrected chi connectivity index (χ0v) is 6.39. The van der Waals surface area contributed by atoms with Crippen molar-refractivity contribution in [2.45, 2.75) is 0 Å². The van der Waals surface area contributed by atoms with Gasteiger partial charge < -0.3 is 4.90 Å². The zero-order valence-electron chi connectivity index (χ0n) is 6.39. The summed E-state index contributed by atoms with van der Waals surface area (Å²) >= 11 is 0. The summed E-state index contributed by atoms with van der Waals surface area (Å²) in [5, 5.41) is 0. The van der Waals surface area contributed by atoms with Crippen LogP contribution >= 0.6 is 0 Å². The molecule has 10 heavy (non-hydrogen) atoms. The Bertz CT molecular complexity index is 168. The fourth-order valence-corrected chi connectivity index (χ4v) is 0.413. The number of nitrogens with zero attached hydrogens (tertiary/aromatic N) is 1. The van der Waals surface area contributed by atoms with E-state index >= 15 is 0 Å². The summed E-state index contributed by atoms with van der Waals surface area (Å²) in [5.74, 6) is -0.347. The molecule has 0 aliphatic carbocycles. The van der Waals surface area contributed by atoms with E-state index in [0.29, 0.717) is 5.70 Å². The summed E-state index contributed by atoms with van der Waals surface area (Å²) in [6, 6.07) is 0. The number of rotatable bonds is 3. The third-order valence-corrected chi connectivity index (χ3v) is 1.08. The minimum Gasteiger partial charge on any atom is -0.376 e. The molecule has 0 aromatic rings. The summed E-state index contributed by atoms with van der Waals surface area (Å²) in [6.45, 7) is 6.87. The molecule has 0 amide bonds. The van der Waals surface area contributed by atoms with Crippen molar-refractivity contribution >= 4 is 0 Å². The van der Waals surface area contributed by atoms with Gasteiger partial charge in [-0.15, -0.1) is 0 Å². The topological polar surface area (TPSA) is 3.24 Å². The third kappa shape index (κ3) is 2.49. The fraction of sp³-hybridized carbons (Fsp3) is 0.250. The van der Waals surface area contributed by atoms with Crippen LogP contribution in [0.15, 0.2) is 36.8 Å². The first kappa shape index (κ1) is 8.95. The second-order valence-corrected chi connectivity index (χ2v) is 2.09. The third-order valence-electron chi connectivity index (χ3n) is 1.08. The largest absolute Gasteiger partial charge is 0.376 e. The molecule has 1 nitrogen and oxygen atoms in total. The molecule has 2 heteroatoms. The molecular weight excluding hydrogens is 129 g/mol. The van der Waals surface area contributed by atoms with Crippen LogP contribution in [0.2, 0.25) is 0 Å². The summed E-state index contributed by atoms with van der Waals surface area (Å²) in [6.07, 6.45) is 2.67. The van der Waals surface area contributed by atoms with Gasteiger partial charge in [-0.3, -0.25) is 0 Å². The molecule has 0 aromatic carbocycles. The minimum absolute atomic E-state index is 0.347. The van der Waals surface area contributed by atoms with E-state index in [0.717, 1.165) is 0 Å². The molecule has 0 saturated heterocycles. The van der Waals surface area contributed by atoms with Crippen molar-refractivity contribution in [3.8, 4) is 0 Å². The van der Waals surface area contributed by atoms with Crippen molar-refractivity contribution in [3.05, 3.63) is 36.8 Å². The van der Waals surface area contributed by atoms with Gasteiger partial charge in [0.2, 0.25) is 0 Å². The summed E-state index contributed by atoms with van der Waals surface area (Å²) < 4.78 is 12.7. The van der Waals surface area contributed by atoms with Gasteiger partial charge in [-0.2, -0.15) is 0 Å². The molecule has 0 spiro atoms. The van der Waals surface area contributed by atoms with Crippen LogP contribution in [-0.4, -0.2) is 19.0 Å². The van der Waals surface area contributed by atoms with Crippen LogP contribution in [0.25, 0.3) is 0 Å². The molecule has 0 aromatic heterocycles. The molecule has 0 fully saturated rings. The van der Waals surface area contributed by atoms with E-state index in [2.05, 4.69) is 13.2 Å². The van der Waals surface area contributed by atoms with E-state index < -0.39 is 0 Å². The molecule has 0 aliphatic rings. The Kier molecular flexibility index (Phi) is 3.47. The van der Waals surface area contributed by atoms with Crippen molar-refractivity contribution in [3.63, 3.8) is 0 Å². The lowest BCUT2D eigenvalue weighted by Gasteiger charge is -2.12. The van der Waals surface area contributed by atoms with E-state index in [1.807, 2.05) is 0 Å². The Hall–Kier alpha value is -1.05. The van der Waals surface area contributed by atoms with Crippen LogP contribution in [0.4, 0.5) is 4.39 Å². The number of allylic oxidation sites excluding steroid dienone is 3. The second-order valence-electron chi connectivity index (χ2n) is 2.09. The van der Waals surface area contributed by atoms with E-state index in [1.54, 1.807) is 19.0 Å². The van der Waals surface area contributed by atoms with Gasteiger partial charge in [0, 0.05) is 14.1 Å². The molecule has 0 aliphatic heterocycles. The number of likely N-dealkylation sites (N-methyl/N-ethyl adjacent to an activating group) is 1. The fourth-order valence-electron chi connectivity index (χ4n) is 0.413. The van der Waals surface area contributed by atoms with Gasteiger partial charge in [0.15, 0.2) is 0 Å². The summed E-state index contributed by atoms with van der Waals surface area (Å²) in [7, 11) is 3.47. The van der Waals surface area contributed by atoms with Crippen LogP contribution in [0, 0.1) is 0 Å². The first-order valence-electron chi connectivity index (χ1n) is 2.94. The maximum absolute atomic E-state index is 12.7. The van der Waals surface area contributed by atoms with Crippen LogP contribution in [0.5, 0.6) is 0 Å². The van der Waals surface area contributed by atoms with Crippen LogP contribution in [-0.2, 0) is 0 Å². The van der Waals surface area contributed by atoms with Gasteiger partial charge in [0.05, 0.1) is 5.70 Å². The molecule has 0 bridgehead atoms. The predicted molar refractivity (Wildman–Crippen MR) is 42.2 cm³/mol. The second kappa shape index (κ2) is 3.88. The van der Waals surface area contributed by atoms with Crippen molar-refractivity contribution in [2.75, 3.05) is 14.1 Å². The molecule has 0 radical (unpaired) electrons. The zero-order chi connectivity index (χ0) is 8.15. The van der Waals surface area contributed by atoms with Gasteiger partial charge in [0.25, 0.3) is 0 Å². The van der Waals surface area contributed by atoms with Gasteiger partial charge in [-0.25, -0.2) is 4.39 Å². The normalized spacial score (nSPS) is 10.9. The van der Waals surface area contributed by atoms with Crippen LogP contribution in [0.3, 0.4) is 0 Å². The molecule has 0 N–H and O–H groups in total. The standard InChI is InChI=1S/C8H12FN/c1-5-6-8(9)7(2)10(3)4/h5-6H,1-2H2,3-4H3. The number of halogens is 1. The van der Waals surface area contributed by atoms with Gasteiger partial charge >= 0.3 is 0 Å². The predicted octanol–water partition coefficient (Wildman–Crippen LogP) is 2.10. The smallest absolute Gasteiger partial charge is 0.145 e. The van der Waals surface area contributed by atoms with E-state index in [1.165, 1.54) is 12.2 Å². The Labute approximate surface area is 61.2 Å². The Balaban J connectivity index is 4.21. The lowest BCUT2D eigenvalue weighted by molar-refractivity contribution is 0.479. The van der Waals surface area contributed by atoms with Gasteiger partial charge in [-0.1, -0.05) is 19.2 Å². The molecule has 0 saturated carbocycles. The lowest BCUT2D eigenvalue weighted by atomic mass is 10.3. The first-order valence-corrected chi connectivity index (χ1v) is 2.94. The Morgan fingerprint density at radius 2 is 2.00 bits per heavy atom. The highest BCUT2D eigenvalue weighted by Gasteiger charge is 2.00. The van der Waals surface area contributed by atoms with Crippen molar-refractivity contribution in [1.29, 1.82) is 0 Å². The van der Waals surface area contributed by atoms with Crippen molar-refractivity contribution < 1.29 is 4.39 Å². The Morgan fingerprint density at radius 1 is 1.50 bits per heavy atom. The lowest BCUT2D eigenvalue weighted by Crippen LogP contribution is -2.09. The highest BCUT2D eigenvalue weighted by atomic mass is 19.1.